The third kappa shape index (κ3) is 3.43. The molecule has 1 aromatic rings. The van der Waals surface area contributed by atoms with Crippen molar-refractivity contribution >= 4 is 25.7 Å². The Balaban J connectivity index is 1.76. The lowest BCUT2D eigenvalue weighted by atomic mass is 10.1. The van der Waals surface area contributed by atoms with E-state index in [2.05, 4.69) is 0 Å². The number of hydrogen-bond acceptors (Lipinski definition) is 4. The zero-order chi connectivity index (χ0) is 15.0. The first-order chi connectivity index (χ1) is 9.95. The Labute approximate surface area is 128 Å². The molecule has 0 amide bonds. The van der Waals surface area contributed by atoms with E-state index < -0.39 is 15.0 Å². The summed E-state index contributed by atoms with van der Waals surface area (Å²) >= 11 is 0. The molecule has 2 fully saturated rings. The lowest BCUT2D eigenvalue weighted by Crippen LogP contribution is -2.15. The zero-order valence-corrected chi connectivity index (χ0v) is 13.2. The van der Waals surface area contributed by atoms with Gasteiger partial charge in [0.15, 0.2) is 0 Å². The van der Waals surface area contributed by atoms with Crippen LogP contribution in [-0.2, 0) is 13.8 Å². The maximum atomic E-state index is 12.2. The SMILES string of the molecule is O=C(OCC1CCCC1)c1cc(S(=O)(=O)Cl)cn1C1CC1. The minimum Gasteiger partial charge on any atom is -0.461 e. The van der Waals surface area contributed by atoms with Crippen LogP contribution in [0.3, 0.4) is 0 Å². The van der Waals surface area contributed by atoms with Gasteiger partial charge in [-0.3, -0.25) is 0 Å². The van der Waals surface area contributed by atoms with E-state index in [1.54, 1.807) is 4.57 Å². The number of nitrogens with zero attached hydrogens (tertiary/aromatic N) is 1. The molecule has 0 spiro atoms. The van der Waals surface area contributed by atoms with Gasteiger partial charge in [0, 0.05) is 22.9 Å². The van der Waals surface area contributed by atoms with Gasteiger partial charge in [-0.15, -0.1) is 0 Å². The second-order valence-corrected chi connectivity index (χ2v) is 8.45. The highest BCUT2D eigenvalue weighted by Crippen LogP contribution is 2.38. The lowest BCUT2D eigenvalue weighted by molar-refractivity contribution is 0.0430. The molecule has 0 bridgehead atoms. The number of esters is 1. The van der Waals surface area contributed by atoms with Crippen LogP contribution in [0, 0.1) is 5.92 Å². The van der Waals surface area contributed by atoms with E-state index in [4.69, 9.17) is 15.4 Å². The van der Waals surface area contributed by atoms with Gasteiger partial charge in [-0.1, -0.05) is 12.8 Å². The topological polar surface area (TPSA) is 65.4 Å². The average molecular weight is 332 g/mol. The average Bonchev–Trinajstić information content (AvgIpc) is 2.96. The Morgan fingerprint density at radius 3 is 2.52 bits per heavy atom. The van der Waals surface area contributed by atoms with Gasteiger partial charge in [-0.2, -0.15) is 0 Å². The molecule has 116 valence electrons. The van der Waals surface area contributed by atoms with Crippen LogP contribution in [0.15, 0.2) is 17.2 Å². The first-order valence-corrected chi connectivity index (χ1v) is 9.60. The van der Waals surface area contributed by atoms with E-state index in [1.165, 1.54) is 25.1 Å². The fourth-order valence-corrected chi connectivity index (χ4v) is 3.60. The van der Waals surface area contributed by atoms with Crippen molar-refractivity contribution in [1.82, 2.24) is 4.57 Å². The van der Waals surface area contributed by atoms with Gasteiger partial charge in [0.25, 0.3) is 9.05 Å². The van der Waals surface area contributed by atoms with Gasteiger partial charge in [-0.25, -0.2) is 13.2 Å². The number of aromatic nitrogens is 1. The highest BCUT2D eigenvalue weighted by Gasteiger charge is 2.31. The van der Waals surface area contributed by atoms with Crippen LogP contribution < -0.4 is 0 Å². The van der Waals surface area contributed by atoms with Crippen LogP contribution in [0.4, 0.5) is 0 Å². The second kappa shape index (κ2) is 5.65. The second-order valence-electron chi connectivity index (χ2n) is 5.89. The monoisotopic (exact) mass is 331 g/mol. The number of rotatable bonds is 5. The van der Waals surface area contributed by atoms with Crippen molar-refractivity contribution in [2.75, 3.05) is 6.61 Å². The van der Waals surface area contributed by atoms with Gasteiger partial charge in [-0.05, 0) is 37.7 Å². The summed E-state index contributed by atoms with van der Waals surface area (Å²) in [7, 11) is 1.53. The predicted molar refractivity (Wildman–Crippen MR) is 78.0 cm³/mol. The van der Waals surface area contributed by atoms with Crippen molar-refractivity contribution in [2.45, 2.75) is 49.5 Å². The van der Waals surface area contributed by atoms with Crippen molar-refractivity contribution in [2.24, 2.45) is 5.92 Å². The molecule has 1 aromatic heterocycles. The summed E-state index contributed by atoms with van der Waals surface area (Å²) in [4.78, 5) is 12.2. The van der Waals surface area contributed by atoms with E-state index in [1.807, 2.05) is 0 Å². The van der Waals surface area contributed by atoms with Crippen LogP contribution in [0.5, 0.6) is 0 Å². The molecular weight excluding hydrogens is 314 g/mol. The molecule has 1 heterocycles. The first kappa shape index (κ1) is 14.9. The molecule has 0 radical (unpaired) electrons. The number of carbonyl (C=O) groups is 1. The smallest absolute Gasteiger partial charge is 0.355 e. The zero-order valence-electron chi connectivity index (χ0n) is 11.6. The summed E-state index contributed by atoms with van der Waals surface area (Å²) in [6.07, 6.45) is 7.89. The third-order valence-corrected chi connectivity index (χ3v) is 5.50. The van der Waals surface area contributed by atoms with E-state index in [0.717, 1.165) is 25.7 Å². The fourth-order valence-electron chi connectivity index (χ4n) is 2.85. The van der Waals surface area contributed by atoms with E-state index in [-0.39, 0.29) is 16.6 Å². The highest BCUT2D eigenvalue weighted by molar-refractivity contribution is 8.13. The van der Waals surface area contributed by atoms with Gasteiger partial charge in [0.1, 0.15) is 10.6 Å². The normalized spacial score (nSPS) is 19.9. The van der Waals surface area contributed by atoms with Gasteiger partial charge < -0.3 is 9.30 Å². The van der Waals surface area contributed by atoms with Crippen LogP contribution in [0.2, 0.25) is 0 Å². The molecule has 0 aliphatic heterocycles. The summed E-state index contributed by atoms with van der Waals surface area (Å²) in [6.45, 7) is 0.414. The van der Waals surface area contributed by atoms with Crippen molar-refractivity contribution in [3.8, 4) is 0 Å². The number of halogens is 1. The third-order valence-electron chi connectivity index (χ3n) is 4.18. The Kier molecular flexibility index (Phi) is 4.01. The molecule has 0 atom stereocenters. The Morgan fingerprint density at radius 2 is 1.95 bits per heavy atom. The van der Waals surface area contributed by atoms with Crippen molar-refractivity contribution in [3.05, 3.63) is 18.0 Å². The van der Waals surface area contributed by atoms with Gasteiger partial charge in [0.2, 0.25) is 0 Å². The standard InChI is InChI=1S/C14H18ClNO4S/c15-21(18,19)12-7-13(16(8-12)11-5-6-11)14(17)20-9-10-3-1-2-4-10/h7-8,10-11H,1-6,9H2. The van der Waals surface area contributed by atoms with Crippen LogP contribution in [-0.4, -0.2) is 25.6 Å². The summed E-state index contributed by atoms with van der Waals surface area (Å²) in [5.41, 5.74) is 0.287. The summed E-state index contributed by atoms with van der Waals surface area (Å²) in [5, 5.41) is 0. The molecule has 0 aromatic carbocycles. The van der Waals surface area contributed by atoms with Crippen molar-refractivity contribution < 1.29 is 17.9 Å². The Hall–Kier alpha value is -1.01. The molecule has 0 saturated heterocycles. The van der Waals surface area contributed by atoms with E-state index in [0.29, 0.717) is 12.5 Å². The molecule has 2 saturated carbocycles. The molecule has 2 aliphatic rings. The Bertz CT molecular complexity index is 642. The van der Waals surface area contributed by atoms with Gasteiger partial charge >= 0.3 is 5.97 Å². The van der Waals surface area contributed by atoms with Crippen molar-refractivity contribution in [3.63, 3.8) is 0 Å². The quantitative estimate of drug-likeness (QED) is 0.614. The maximum absolute atomic E-state index is 12.2. The molecule has 21 heavy (non-hydrogen) atoms. The van der Waals surface area contributed by atoms with E-state index >= 15 is 0 Å². The minimum atomic E-state index is -3.83. The molecule has 0 N–H and O–H groups in total. The lowest BCUT2D eigenvalue weighted by Gasteiger charge is -2.11. The van der Waals surface area contributed by atoms with Crippen LogP contribution >= 0.6 is 10.7 Å². The maximum Gasteiger partial charge on any atom is 0.355 e. The molecule has 2 aliphatic carbocycles. The number of ether oxygens (including phenoxy) is 1. The van der Waals surface area contributed by atoms with Crippen molar-refractivity contribution in [1.29, 1.82) is 0 Å². The highest BCUT2D eigenvalue weighted by atomic mass is 35.7. The summed E-state index contributed by atoms with van der Waals surface area (Å²) in [5.74, 6) is -0.0186. The molecular formula is C14H18ClNO4S. The Morgan fingerprint density at radius 1 is 1.29 bits per heavy atom. The largest absolute Gasteiger partial charge is 0.461 e. The molecule has 3 rings (SSSR count). The number of hydrogen-bond donors (Lipinski definition) is 0. The number of carbonyl (C=O) groups excluding carboxylic acids is 1. The fraction of sp³-hybridized carbons (Fsp3) is 0.643. The molecule has 5 nitrogen and oxygen atoms in total. The van der Waals surface area contributed by atoms with E-state index in [9.17, 15) is 13.2 Å². The summed E-state index contributed by atoms with van der Waals surface area (Å²) in [6, 6.07) is 1.50. The first-order valence-electron chi connectivity index (χ1n) is 7.29. The van der Waals surface area contributed by atoms with Crippen LogP contribution in [0.25, 0.3) is 0 Å². The molecule has 7 heteroatoms. The van der Waals surface area contributed by atoms with Crippen LogP contribution in [0.1, 0.15) is 55.1 Å². The summed E-state index contributed by atoms with van der Waals surface area (Å²) < 4.78 is 29.9. The predicted octanol–water partition coefficient (Wildman–Crippen LogP) is 3.10. The van der Waals surface area contributed by atoms with Gasteiger partial charge in [0.05, 0.1) is 6.61 Å². The minimum absolute atomic E-state index is 0.0381. The molecule has 0 unspecified atom stereocenters.